The van der Waals surface area contributed by atoms with Crippen molar-refractivity contribution in [2.24, 2.45) is 5.92 Å². The molecule has 0 bridgehead atoms. The van der Waals surface area contributed by atoms with E-state index in [2.05, 4.69) is 38.0 Å². The van der Waals surface area contributed by atoms with E-state index in [-0.39, 0.29) is 0 Å². The van der Waals surface area contributed by atoms with Gasteiger partial charge in [-0.25, -0.2) is 4.98 Å². The molecular formula is C12H22N2S. The molecule has 15 heavy (non-hydrogen) atoms. The first kappa shape index (κ1) is 12.7. The van der Waals surface area contributed by atoms with Gasteiger partial charge in [-0.05, 0) is 26.2 Å². The molecule has 0 fully saturated rings. The van der Waals surface area contributed by atoms with Crippen LogP contribution in [-0.4, -0.2) is 17.6 Å². The van der Waals surface area contributed by atoms with Gasteiger partial charge in [0.15, 0.2) is 0 Å². The molecule has 1 N–H and O–H groups in total. The van der Waals surface area contributed by atoms with Gasteiger partial charge in [0.1, 0.15) is 0 Å². The molecule has 3 heteroatoms. The predicted molar refractivity (Wildman–Crippen MR) is 67.5 cm³/mol. The van der Waals surface area contributed by atoms with Crippen LogP contribution in [0, 0.1) is 12.8 Å². The topological polar surface area (TPSA) is 24.9 Å². The number of aromatic nitrogens is 1. The lowest BCUT2D eigenvalue weighted by molar-refractivity contribution is 0.393. The Morgan fingerprint density at radius 3 is 2.73 bits per heavy atom. The zero-order chi connectivity index (χ0) is 11.3. The maximum absolute atomic E-state index is 4.26. The van der Waals surface area contributed by atoms with E-state index in [0.717, 1.165) is 18.9 Å². The van der Waals surface area contributed by atoms with E-state index in [4.69, 9.17) is 0 Å². The lowest BCUT2D eigenvalue weighted by Crippen LogP contribution is -2.33. The van der Waals surface area contributed by atoms with Crippen LogP contribution in [0.2, 0.25) is 0 Å². The van der Waals surface area contributed by atoms with Gasteiger partial charge in [0, 0.05) is 17.5 Å². The van der Waals surface area contributed by atoms with Crippen molar-refractivity contribution in [1.82, 2.24) is 10.3 Å². The number of hydrogen-bond donors (Lipinski definition) is 1. The number of thiazole rings is 1. The fourth-order valence-corrected chi connectivity index (χ4v) is 2.32. The molecule has 0 aliphatic carbocycles. The van der Waals surface area contributed by atoms with Crippen LogP contribution in [0.3, 0.4) is 0 Å². The monoisotopic (exact) mass is 226 g/mol. The average Bonchev–Trinajstić information content (AvgIpc) is 2.63. The Bertz CT molecular complexity index is 283. The smallest absolute Gasteiger partial charge is 0.0797 e. The lowest BCUT2D eigenvalue weighted by atomic mass is 10.0. The molecule has 0 saturated heterocycles. The number of hydrogen-bond acceptors (Lipinski definition) is 3. The molecular weight excluding hydrogens is 204 g/mol. The first-order valence-electron chi connectivity index (χ1n) is 5.77. The largest absolute Gasteiger partial charge is 0.314 e. The summed E-state index contributed by atoms with van der Waals surface area (Å²) in [6.07, 6.45) is 2.35. The van der Waals surface area contributed by atoms with Crippen molar-refractivity contribution in [2.75, 3.05) is 6.54 Å². The summed E-state index contributed by atoms with van der Waals surface area (Å²) in [6, 6.07) is 0.614. The fraction of sp³-hybridized carbons (Fsp3) is 0.750. The van der Waals surface area contributed by atoms with Crippen LogP contribution in [-0.2, 0) is 6.42 Å². The minimum absolute atomic E-state index is 0.614. The van der Waals surface area contributed by atoms with Crippen LogP contribution in [0.4, 0.5) is 0 Å². The molecule has 2 atom stereocenters. The molecule has 0 radical (unpaired) electrons. The summed E-state index contributed by atoms with van der Waals surface area (Å²) < 4.78 is 0. The molecule has 0 saturated carbocycles. The van der Waals surface area contributed by atoms with Crippen molar-refractivity contribution in [3.63, 3.8) is 0 Å². The van der Waals surface area contributed by atoms with Gasteiger partial charge < -0.3 is 5.32 Å². The number of nitrogens with zero attached hydrogens (tertiary/aromatic N) is 1. The molecule has 0 aromatic carbocycles. The van der Waals surface area contributed by atoms with Crippen LogP contribution in [0.15, 0.2) is 5.51 Å². The Labute approximate surface area is 97.1 Å². The van der Waals surface area contributed by atoms with Crippen molar-refractivity contribution in [2.45, 2.75) is 46.6 Å². The number of rotatable bonds is 6. The van der Waals surface area contributed by atoms with E-state index in [1.54, 1.807) is 11.3 Å². The van der Waals surface area contributed by atoms with E-state index in [1.165, 1.54) is 17.0 Å². The summed E-state index contributed by atoms with van der Waals surface area (Å²) in [5, 5.41) is 3.58. The van der Waals surface area contributed by atoms with Crippen molar-refractivity contribution in [3.8, 4) is 0 Å². The highest BCUT2D eigenvalue weighted by Crippen LogP contribution is 2.12. The quantitative estimate of drug-likeness (QED) is 0.806. The normalized spacial score (nSPS) is 15.2. The SMILES string of the molecule is CCC(C)C(C)NCCc1scnc1C. The third-order valence-electron chi connectivity index (χ3n) is 3.16. The molecule has 2 unspecified atom stereocenters. The minimum atomic E-state index is 0.614. The van der Waals surface area contributed by atoms with Crippen LogP contribution in [0.1, 0.15) is 37.8 Å². The maximum atomic E-state index is 4.26. The molecule has 1 aromatic rings. The highest BCUT2D eigenvalue weighted by Gasteiger charge is 2.09. The first-order chi connectivity index (χ1) is 7.15. The van der Waals surface area contributed by atoms with Crippen molar-refractivity contribution < 1.29 is 0 Å². The number of aryl methyl sites for hydroxylation is 1. The highest BCUT2D eigenvalue weighted by atomic mass is 32.1. The molecule has 0 aliphatic rings. The third kappa shape index (κ3) is 3.92. The minimum Gasteiger partial charge on any atom is -0.314 e. The fourth-order valence-electron chi connectivity index (χ4n) is 1.53. The Morgan fingerprint density at radius 1 is 1.47 bits per heavy atom. The van der Waals surface area contributed by atoms with Gasteiger partial charge in [-0.2, -0.15) is 0 Å². The standard InChI is InChI=1S/C12H22N2S/c1-5-9(2)10(3)13-7-6-12-11(4)14-8-15-12/h8-10,13H,5-7H2,1-4H3. The molecule has 0 amide bonds. The maximum Gasteiger partial charge on any atom is 0.0797 e. The van der Waals surface area contributed by atoms with Crippen LogP contribution < -0.4 is 5.32 Å². The predicted octanol–water partition coefficient (Wildman–Crippen LogP) is 3.02. The Morgan fingerprint density at radius 2 is 2.20 bits per heavy atom. The van der Waals surface area contributed by atoms with Crippen molar-refractivity contribution in [3.05, 3.63) is 16.1 Å². The zero-order valence-electron chi connectivity index (χ0n) is 10.2. The van der Waals surface area contributed by atoms with Crippen molar-refractivity contribution in [1.29, 1.82) is 0 Å². The summed E-state index contributed by atoms with van der Waals surface area (Å²) in [4.78, 5) is 5.67. The van der Waals surface area contributed by atoms with E-state index in [1.807, 2.05) is 5.51 Å². The summed E-state index contributed by atoms with van der Waals surface area (Å²) in [7, 11) is 0. The van der Waals surface area contributed by atoms with Gasteiger partial charge in [0.2, 0.25) is 0 Å². The summed E-state index contributed by atoms with van der Waals surface area (Å²) >= 11 is 1.76. The van der Waals surface area contributed by atoms with E-state index in [9.17, 15) is 0 Å². The summed E-state index contributed by atoms with van der Waals surface area (Å²) in [5.41, 5.74) is 3.13. The van der Waals surface area contributed by atoms with Gasteiger partial charge >= 0.3 is 0 Å². The van der Waals surface area contributed by atoms with E-state index in [0.29, 0.717) is 6.04 Å². The van der Waals surface area contributed by atoms with Crippen LogP contribution in [0.25, 0.3) is 0 Å². The Kier molecular flexibility index (Phi) is 5.26. The van der Waals surface area contributed by atoms with Crippen LogP contribution >= 0.6 is 11.3 Å². The van der Waals surface area contributed by atoms with Crippen molar-refractivity contribution >= 4 is 11.3 Å². The third-order valence-corrected chi connectivity index (χ3v) is 4.16. The van der Waals surface area contributed by atoms with Gasteiger partial charge in [-0.15, -0.1) is 11.3 Å². The highest BCUT2D eigenvalue weighted by molar-refractivity contribution is 7.09. The molecule has 1 aromatic heterocycles. The lowest BCUT2D eigenvalue weighted by Gasteiger charge is -2.19. The number of nitrogens with one attached hydrogen (secondary N) is 1. The molecule has 2 nitrogen and oxygen atoms in total. The second-order valence-corrected chi connectivity index (χ2v) is 5.18. The molecule has 1 heterocycles. The molecule has 1 rings (SSSR count). The van der Waals surface area contributed by atoms with Gasteiger partial charge in [0.05, 0.1) is 11.2 Å². The second-order valence-electron chi connectivity index (χ2n) is 4.24. The van der Waals surface area contributed by atoms with E-state index >= 15 is 0 Å². The second kappa shape index (κ2) is 6.23. The molecule has 86 valence electrons. The first-order valence-corrected chi connectivity index (χ1v) is 6.65. The van der Waals surface area contributed by atoms with E-state index < -0.39 is 0 Å². The van der Waals surface area contributed by atoms with Gasteiger partial charge in [0.25, 0.3) is 0 Å². The van der Waals surface area contributed by atoms with Crippen LogP contribution in [0.5, 0.6) is 0 Å². The Balaban J connectivity index is 2.25. The van der Waals surface area contributed by atoms with Gasteiger partial charge in [-0.1, -0.05) is 20.3 Å². The van der Waals surface area contributed by atoms with Gasteiger partial charge in [-0.3, -0.25) is 0 Å². The Hall–Kier alpha value is -0.410. The average molecular weight is 226 g/mol. The molecule has 0 spiro atoms. The summed E-state index contributed by atoms with van der Waals surface area (Å²) in [5.74, 6) is 0.757. The molecule has 0 aliphatic heterocycles. The zero-order valence-corrected chi connectivity index (χ0v) is 11.0. The summed E-state index contributed by atoms with van der Waals surface area (Å²) in [6.45, 7) is 9.97.